The first-order valence-electron chi connectivity index (χ1n) is 5.65. The average Bonchev–Trinajstić information content (AvgIpc) is 2.33. The smallest absolute Gasteiger partial charge is 0.407 e. The lowest BCUT2D eigenvalue weighted by atomic mass is 10.1. The van der Waals surface area contributed by atoms with Gasteiger partial charge < -0.3 is 15.3 Å². The van der Waals surface area contributed by atoms with E-state index in [0.29, 0.717) is 19.1 Å². The molecule has 1 heterocycles. The van der Waals surface area contributed by atoms with Gasteiger partial charge in [0, 0.05) is 29.8 Å². The summed E-state index contributed by atoms with van der Waals surface area (Å²) in [6.45, 7) is 1.20. The zero-order valence-electron chi connectivity index (χ0n) is 9.40. The number of hydrogen-bond donors (Lipinski definition) is 2. The van der Waals surface area contributed by atoms with Crippen LogP contribution < -0.4 is 5.32 Å². The summed E-state index contributed by atoms with van der Waals surface area (Å²) in [5.74, 6) is 0. The fraction of sp³-hybridized carbons (Fsp3) is 0.417. The van der Waals surface area contributed by atoms with Crippen molar-refractivity contribution in [3.05, 3.63) is 29.3 Å². The molecule has 0 aromatic heterocycles. The van der Waals surface area contributed by atoms with Gasteiger partial charge in [0.2, 0.25) is 0 Å². The Hall–Kier alpha value is -1.42. The van der Waals surface area contributed by atoms with Crippen LogP contribution in [0.4, 0.5) is 10.5 Å². The molecule has 0 radical (unpaired) electrons. The lowest BCUT2D eigenvalue weighted by molar-refractivity contribution is 0.134. The fourth-order valence-electron chi connectivity index (χ4n) is 2.00. The molecule has 1 amide bonds. The van der Waals surface area contributed by atoms with E-state index in [2.05, 4.69) is 5.32 Å². The number of rotatable bonds is 2. The van der Waals surface area contributed by atoms with Gasteiger partial charge in [-0.1, -0.05) is 11.6 Å². The minimum absolute atomic E-state index is 0.340. The van der Waals surface area contributed by atoms with Gasteiger partial charge in [-0.25, -0.2) is 4.79 Å². The Balaban J connectivity index is 1.85. The number of carboxylic acid groups (broad SMARTS) is 1. The summed E-state index contributed by atoms with van der Waals surface area (Å²) < 4.78 is 0. The molecule has 1 aromatic rings. The number of anilines is 1. The Morgan fingerprint density at radius 1 is 1.29 bits per heavy atom. The van der Waals surface area contributed by atoms with Crippen LogP contribution in [0, 0.1) is 0 Å². The van der Waals surface area contributed by atoms with E-state index in [1.54, 1.807) is 0 Å². The summed E-state index contributed by atoms with van der Waals surface area (Å²) in [6.07, 6.45) is 0.860. The van der Waals surface area contributed by atoms with Gasteiger partial charge in [0.1, 0.15) is 0 Å². The molecule has 1 aliphatic heterocycles. The van der Waals surface area contributed by atoms with Gasteiger partial charge in [-0.2, -0.15) is 0 Å². The van der Waals surface area contributed by atoms with Crippen molar-refractivity contribution < 1.29 is 9.90 Å². The molecule has 92 valence electrons. The molecule has 1 saturated heterocycles. The monoisotopic (exact) mass is 254 g/mol. The summed E-state index contributed by atoms with van der Waals surface area (Å²) >= 11 is 5.81. The van der Waals surface area contributed by atoms with Crippen LogP contribution >= 0.6 is 11.6 Å². The number of nitrogens with one attached hydrogen (secondary N) is 1. The first-order valence-corrected chi connectivity index (χ1v) is 6.03. The van der Waals surface area contributed by atoms with E-state index in [1.165, 1.54) is 4.90 Å². The topological polar surface area (TPSA) is 52.6 Å². The largest absolute Gasteiger partial charge is 0.465 e. The molecule has 0 atom stereocenters. The van der Waals surface area contributed by atoms with Crippen LogP contribution in [-0.4, -0.2) is 35.2 Å². The van der Waals surface area contributed by atoms with Gasteiger partial charge in [0.25, 0.3) is 0 Å². The van der Waals surface area contributed by atoms with Crippen LogP contribution in [-0.2, 0) is 0 Å². The molecule has 1 aromatic carbocycles. The predicted molar refractivity (Wildman–Crippen MR) is 67.7 cm³/mol. The SMILES string of the molecule is O=C(O)N1CCC(Nc2ccc(Cl)cc2)CC1. The summed E-state index contributed by atoms with van der Waals surface area (Å²) in [6, 6.07) is 7.90. The molecule has 0 unspecified atom stereocenters. The second kappa shape index (κ2) is 5.27. The minimum Gasteiger partial charge on any atom is -0.465 e. The maximum atomic E-state index is 10.7. The number of nitrogens with zero attached hydrogens (tertiary/aromatic N) is 1. The van der Waals surface area contributed by atoms with E-state index in [-0.39, 0.29) is 0 Å². The molecular weight excluding hydrogens is 240 g/mol. The van der Waals surface area contributed by atoms with Gasteiger partial charge >= 0.3 is 6.09 Å². The molecule has 0 aliphatic carbocycles. The van der Waals surface area contributed by atoms with Gasteiger partial charge in [-0.15, -0.1) is 0 Å². The van der Waals surface area contributed by atoms with E-state index in [1.807, 2.05) is 24.3 Å². The van der Waals surface area contributed by atoms with Gasteiger partial charge in [0.05, 0.1) is 0 Å². The Bertz CT molecular complexity index is 386. The molecule has 1 fully saturated rings. The predicted octanol–water partition coefficient (Wildman–Crippen LogP) is 2.89. The maximum absolute atomic E-state index is 10.7. The normalized spacial score (nSPS) is 16.9. The van der Waals surface area contributed by atoms with E-state index in [4.69, 9.17) is 16.7 Å². The number of likely N-dealkylation sites (tertiary alicyclic amines) is 1. The van der Waals surface area contributed by atoms with Gasteiger partial charge in [0.15, 0.2) is 0 Å². The molecule has 2 N–H and O–H groups in total. The highest BCUT2D eigenvalue weighted by atomic mass is 35.5. The Kier molecular flexibility index (Phi) is 3.74. The summed E-state index contributed by atoms with van der Waals surface area (Å²) in [5.41, 5.74) is 1.03. The minimum atomic E-state index is -0.824. The molecule has 1 aliphatic rings. The third kappa shape index (κ3) is 3.27. The van der Waals surface area contributed by atoms with Crippen LogP contribution in [0.1, 0.15) is 12.8 Å². The van der Waals surface area contributed by atoms with Crippen molar-refractivity contribution in [2.24, 2.45) is 0 Å². The fourth-order valence-corrected chi connectivity index (χ4v) is 2.12. The van der Waals surface area contributed by atoms with Gasteiger partial charge in [-0.05, 0) is 37.1 Å². The van der Waals surface area contributed by atoms with E-state index in [9.17, 15) is 4.79 Å². The van der Waals surface area contributed by atoms with Crippen molar-refractivity contribution in [2.75, 3.05) is 18.4 Å². The quantitative estimate of drug-likeness (QED) is 0.853. The van der Waals surface area contributed by atoms with Crippen LogP contribution in [0.15, 0.2) is 24.3 Å². The maximum Gasteiger partial charge on any atom is 0.407 e. The number of amides is 1. The van der Waals surface area contributed by atoms with Crippen LogP contribution in [0.5, 0.6) is 0 Å². The third-order valence-electron chi connectivity index (χ3n) is 2.98. The second-order valence-corrected chi connectivity index (χ2v) is 4.63. The first-order chi connectivity index (χ1) is 8.15. The molecule has 0 spiro atoms. The lowest BCUT2D eigenvalue weighted by Crippen LogP contribution is -2.41. The molecule has 4 nitrogen and oxygen atoms in total. The molecule has 0 bridgehead atoms. The molecule has 5 heteroatoms. The second-order valence-electron chi connectivity index (χ2n) is 4.20. The number of hydrogen-bond acceptors (Lipinski definition) is 2. The molecule has 2 rings (SSSR count). The summed E-state index contributed by atoms with van der Waals surface area (Å²) in [4.78, 5) is 12.2. The number of benzene rings is 1. The van der Waals surface area contributed by atoms with Crippen molar-refractivity contribution in [1.82, 2.24) is 4.90 Å². The number of halogens is 1. The van der Waals surface area contributed by atoms with Crippen molar-refractivity contribution in [3.8, 4) is 0 Å². The number of piperidine rings is 1. The van der Waals surface area contributed by atoms with Crippen molar-refractivity contribution in [3.63, 3.8) is 0 Å². The third-order valence-corrected chi connectivity index (χ3v) is 3.23. The highest BCUT2D eigenvalue weighted by Gasteiger charge is 2.21. The van der Waals surface area contributed by atoms with Gasteiger partial charge in [-0.3, -0.25) is 0 Å². The Morgan fingerprint density at radius 2 is 1.88 bits per heavy atom. The first kappa shape index (κ1) is 12.0. The lowest BCUT2D eigenvalue weighted by Gasteiger charge is -2.31. The van der Waals surface area contributed by atoms with Crippen LogP contribution in [0.25, 0.3) is 0 Å². The van der Waals surface area contributed by atoms with E-state index >= 15 is 0 Å². The zero-order valence-corrected chi connectivity index (χ0v) is 10.2. The summed E-state index contributed by atoms with van der Waals surface area (Å²) in [7, 11) is 0. The number of carbonyl (C=O) groups is 1. The molecule has 0 saturated carbocycles. The van der Waals surface area contributed by atoms with Crippen LogP contribution in [0.2, 0.25) is 5.02 Å². The van der Waals surface area contributed by atoms with Crippen molar-refractivity contribution in [1.29, 1.82) is 0 Å². The summed E-state index contributed by atoms with van der Waals surface area (Å²) in [5, 5.41) is 12.9. The highest BCUT2D eigenvalue weighted by Crippen LogP contribution is 2.18. The Morgan fingerprint density at radius 3 is 2.41 bits per heavy atom. The highest BCUT2D eigenvalue weighted by molar-refractivity contribution is 6.30. The van der Waals surface area contributed by atoms with Crippen molar-refractivity contribution >= 4 is 23.4 Å². The van der Waals surface area contributed by atoms with Crippen LogP contribution in [0.3, 0.4) is 0 Å². The molecule has 17 heavy (non-hydrogen) atoms. The zero-order chi connectivity index (χ0) is 12.3. The molecular formula is C12H15ClN2O2. The Labute approximate surface area is 105 Å². The van der Waals surface area contributed by atoms with Crippen molar-refractivity contribution in [2.45, 2.75) is 18.9 Å². The van der Waals surface area contributed by atoms with E-state index in [0.717, 1.165) is 23.6 Å². The average molecular weight is 255 g/mol. The standard InChI is InChI=1S/C12H15ClN2O2/c13-9-1-3-10(4-2-9)14-11-5-7-15(8-6-11)12(16)17/h1-4,11,14H,5-8H2,(H,16,17). The van der Waals surface area contributed by atoms with E-state index < -0.39 is 6.09 Å².